The fourth-order valence-electron chi connectivity index (χ4n) is 3.96. The Morgan fingerprint density at radius 1 is 1.19 bits per heavy atom. The molecule has 4 atom stereocenters. The molecule has 2 aliphatic heterocycles. The maximum Gasteiger partial charge on any atom is 0.231 e. The molecule has 4 aliphatic rings. The molecule has 2 nitrogen and oxygen atoms in total. The quantitative estimate of drug-likeness (QED) is 0.564. The first-order valence-electron chi connectivity index (χ1n) is 6.23. The lowest BCUT2D eigenvalue weighted by molar-refractivity contribution is -0.131. The minimum absolute atomic E-state index is 0.271. The van der Waals surface area contributed by atoms with Crippen LogP contribution in [-0.2, 0) is 4.79 Å². The Balaban J connectivity index is 1.83. The minimum Gasteiger partial charge on any atom is -0.315 e. The first-order chi connectivity index (χ1) is 7.86. The van der Waals surface area contributed by atoms with Crippen LogP contribution in [0.15, 0.2) is 36.1 Å². The summed E-state index contributed by atoms with van der Waals surface area (Å²) in [5.74, 6) is 2.30. The Hall–Kier alpha value is -1.31. The normalized spacial score (nSPS) is 43.4. The highest BCUT2D eigenvalue weighted by atomic mass is 16.2. The second-order valence-electron chi connectivity index (χ2n) is 5.30. The number of carbonyl (C=O) groups excluding carboxylic acids is 1. The Kier molecular flexibility index (Phi) is 1.58. The Morgan fingerprint density at radius 2 is 2.00 bits per heavy atom. The predicted octanol–water partition coefficient (Wildman–Crippen LogP) is 2.11. The van der Waals surface area contributed by atoms with Crippen LogP contribution in [0.1, 0.15) is 12.8 Å². The van der Waals surface area contributed by atoms with Crippen molar-refractivity contribution in [1.82, 2.24) is 4.90 Å². The molecule has 0 N–H and O–H groups in total. The lowest BCUT2D eigenvalue weighted by Gasteiger charge is -2.20. The van der Waals surface area contributed by atoms with Gasteiger partial charge >= 0.3 is 0 Å². The van der Waals surface area contributed by atoms with Crippen molar-refractivity contribution in [2.75, 3.05) is 6.54 Å². The van der Waals surface area contributed by atoms with Crippen molar-refractivity contribution in [3.8, 4) is 0 Å². The lowest BCUT2D eigenvalue weighted by Crippen LogP contribution is -2.28. The van der Waals surface area contributed by atoms with Crippen molar-refractivity contribution in [2.24, 2.45) is 23.7 Å². The third kappa shape index (κ3) is 0.909. The zero-order chi connectivity index (χ0) is 10.7. The average Bonchev–Trinajstić information content (AvgIpc) is 2.89. The van der Waals surface area contributed by atoms with Crippen LogP contribution in [0.4, 0.5) is 0 Å². The number of allylic oxidation sites excluding steroid dienone is 5. The van der Waals surface area contributed by atoms with E-state index in [1.54, 1.807) is 0 Å². The molecule has 82 valence electrons. The SMILES string of the molecule is O=C1[C@@H]2[C@H](C3=CC=CCCN13)[C@H]1C=C[C@@H]2C1. The monoisotopic (exact) mass is 213 g/mol. The van der Waals surface area contributed by atoms with Gasteiger partial charge in [-0.05, 0) is 30.8 Å². The van der Waals surface area contributed by atoms with E-state index in [4.69, 9.17) is 0 Å². The summed E-state index contributed by atoms with van der Waals surface area (Å²) in [6.07, 6.45) is 13.3. The van der Waals surface area contributed by atoms with Gasteiger partial charge in [0.1, 0.15) is 0 Å². The van der Waals surface area contributed by atoms with Crippen LogP contribution in [-0.4, -0.2) is 17.4 Å². The number of hydrogen-bond donors (Lipinski definition) is 0. The number of hydrogen-bond acceptors (Lipinski definition) is 1. The number of rotatable bonds is 0. The second-order valence-corrected chi connectivity index (χ2v) is 5.30. The van der Waals surface area contributed by atoms with Crippen molar-refractivity contribution < 1.29 is 4.79 Å². The van der Waals surface area contributed by atoms with Gasteiger partial charge in [0, 0.05) is 18.2 Å². The first kappa shape index (κ1) is 8.80. The topological polar surface area (TPSA) is 20.3 Å². The van der Waals surface area contributed by atoms with Gasteiger partial charge in [0.15, 0.2) is 0 Å². The number of fused-ring (bicyclic) bond motifs is 7. The van der Waals surface area contributed by atoms with Crippen LogP contribution < -0.4 is 0 Å². The molecule has 2 heteroatoms. The lowest BCUT2D eigenvalue weighted by atomic mass is 9.84. The zero-order valence-electron chi connectivity index (χ0n) is 9.17. The summed E-state index contributed by atoms with van der Waals surface area (Å²) < 4.78 is 0. The third-order valence-electron chi connectivity index (χ3n) is 4.59. The maximum absolute atomic E-state index is 12.4. The summed E-state index contributed by atoms with van der Waals surface area (Å²) in [5.41, 5.74) is 1.29. The third-order valence-corrected chi connectivity index (χ3v) is 4.59. The van der Waals surface area contributed by atoms with E-state index in [0.29, 0.717) is 23.7 Å². The van der Waals surface area contributed by atoms with E-state index in [9.17, 15) is 4.79 Å². The first-order valence-corrected chi connectivity index (χ1v) is 6.23. The molecule has 2 fully saturated rings. The Morgan fingerprint density at radius 3 is 2.88 bits per heavy atom. The molecular weight excluding hydrogens is 198 g/mol. The fraction of sp³-hybridized carbons (Fsp3) is 0.500. The van der Waals surface area contributed by atoms with Gasteiger partial charge < -0.3 is 4.90 Å². The Labute approximate surface area is 95.3 Å². The number of carbonyl (C=O) groups is 1. The molecule has 2 bridgehead atoms. The molecule has 0 unspecified atom stereocenters. The van der Waals surface area contributed by atoms with Gasteiger partial charge in [-0.15, -0.1) is 0 Å². The molecule has 0 spiro atoms. The van der Waals surface area contributed by atoms with Crippen molar-refractivity contribution in [1.29, 1.82) is 0 Å². The largest absolute Gasteiger partial charge is 0.315 e. The summed E-state index contributed by atoms with van der Waals surface area (Å²) >= 11 is 0. The van der Waals surface area contributed by atoms with E-state index in [2.05, 4.69) is 30.4 Å². The molecule has 16 heavy (non-hydrogen) atoms. The molecule has 0 aromatic carbocycles. The summed E-state index contributed by atoms with van der Waals surface area (Å²) in [7, 11) is 0. The van der Waals surface area contributed by atoms with E-state index in [-0.39, 0.29) is 5.92 Å². The summed E-state index contributed by atoms with van der Waals surface area (Å²) in [5, 5.41) is 0. The highest BCUT2D eigenvalue weighted by Crippen LogP contribution is 2.56. The van der Waals surface area contributed by atoms with Crippen LogP contribution in [0.3, 0.4) is 0 Å². The summed E-state index contributed by atoms with van der Waals surface area (Å²) in [6.45, 7) is 0.883. The van der Waals surface area contributed by atoms with Crippen LogP contribution in [0, 0.1) is 23.7 Å². The highest BCUT2D eigenvalue weighted by Gasteiger charge is 2.56. The van der Waals surface area contributed by atoms with E-state index in [1.165, 1.54) is 12.1 Å². The van der Waals surface area contributed by atoms with Crippen molar-refractivity contribution in [3.63, 3.8) is 0 Å². The molecule has 1 saturated carbocycles. The number of nitrogens with zero attached hydrogens (tertiary/aromatic N) is 1. The molecule has 1 amide bonds. The van der Waals surface area contributed by atoms with Gasteiger partial charge in [0.2, 0.25) is 5.91 Å². The fourth-order valence-corrected chi connectivity index (χ4v) is 3.96. The molecule has 0 aromatic rings. The van der Waals surface area contributed by atoms with Crippen LogP contribution in [0.5, 0.6) is 0 Å². The van der Waals surface area contributed by atoms with Crippen LogP contribution in [0.25, 0.3) is 0 Å². The van der Waals surface area contributed by atoms with Crippen LogP contribution in [0.2, 0.25) is 0 Å². The zero-order valence-corrected chi connectivity index (χ0v) is 9.17. The van der Waals surface area contributed by atoms with Gasteiger partial charge in [-0.3, -0.25) is 4.79 Å². The summed E-state index contributed by atoms with van der Waals surface area (Å²) in [4.78, 5) is 14.4. The molecular formula is C14H15NO. The average molecular weight is 213 g/mol. The minimum atomic E-state index is 0.271. The van der Waals surface area contributed by atoms with Crippen LogP contribution >= 0.6 is 0 Å². The smallest absolute Gasteiger partial charge is 0.231 e. The van der Waals surface area contributed by atoms with Gasteiger partial charge in [0.25, 0.3) is 0 Å². The molecule has 2 aliphatic carbocycles. The predicted molar refractivity (Wildman–Crippen MR) is 61.3 cm³/mol. The molecule has 1 saturated heterocycles. The second kappa shape index (κ2) is 2.88. The highest BCUT2D eigenvalue weighted by molar-refractivity contribution is 5.86. The molecule has 2 heterocycles. The Bertz CT molecular complexity index is 446. The summed E-state index contributed by atoms with van der Waals surface area (Å²) in [6, 6.07) is 0. The molecule has 0 radical (unpaired) electrons. The van der Waals surface area contributed by atoms with Gasteiger partial charge in [0.05, 0.1) is 5.92 Å². The van der Waals surface area contributed by atoms with Gasteiger partial charge in [-0.2, -0.15) is 0 Å². The molecule has 4 rings (SSSR count). The van der Waals surface area contributed by atoms with Gasteiger partial charge in [-0.1, -0.05) is 24.3 Å². The van der Waals surface area contributed by atoms with Crippen molar-refractivity contribution in [3.05, 3.63) is 36.1 Å². The van der Waals surface area contributed by atoms with Crippen molar-refractivity contribution >= 4 is 5.91 Å². The van der Waals surface area contributed by atoms with E-state index < -0.39 is 0 Å². The van der Waals surface area contributed by atoms with Gasteiger partial charge in [-0.25, -0.2) is 0 Å². The van der Waals surface area contributed by atoms with Crippen molar-refractivity contribution in [2.45, 2.75) is 12.8 Å². The van der Waals surface area contributed by atoms with E-state index in [1.807, 2.05) is 4.90 Å². The molecule has 0 aromatic heterocycles. The standard InChI is InChI=1S/C14H15NO/c16-14-13-10-6-5-9(8-10)12(13)11-4-2-1-3-7-15(11)14/h1-2,4-6,9-10,12-13H,3,7-8H2/t9-,10+,12-,13-/m0/s1. The van der Waals surface area contributed by atoms with E-state index >= 15 is 0 Å². The number of amides is 1. The van der Waals surface area contributed by atoms with E-state index in [0.717, 1.165) is 13.0 Å². The maximum atomic E-state index is 12.4.